The van der Waals surface area contributed by atoms with Crippen LogP contribution in [-0.4, -0.2) is 12.2 Å². The predicted octanol–water partition coefficient (Wildman–Crippen LogP) is 2.70. The van der Waals surface area contributed by atoms with E-state index in [1.54, 1.807) is 6.42 Å². The summed E-state index contributed by atoms with van der Waals surface area (Å²) in [5.74, 6) is 6.39. The van der Waals surface area contributed by atoms with Crippen molar-refractivity contribution < 1.29 is 4.74 Å². The van der Waals surface area contributed by atoms with E-state index in [0.717, 1.165) is 35.5 Å². The Hall–Kier alpha value is -0.0400. The maximum Gasteiger partial charge on any atom is 0.0844 e. The molecule has 78 valence electrons. The molecule has 1 saturated heterocycles. The third-order valence-corrected chi connectivity index (χ3v) is 5.68. The number of fused-ring (bicyclic) bond motifs is 5. The minimum atomic E-state index is 0.700. The summed E-state index contributed by atoms with van der Waals surface area (Å²) in [6.45, 7) is 4.82. The molecule has 1 heteroatoms. The summed E-state index contributed by atoms with van der Waals surface area (Å²) in [7, 11) is 0. The number of hydrogen-bond donors (Lipinski definition) is 0. The van der Waals surface area contributed by atoms with Crippen molar-refractivity contribution in [3.05, 3.63) is 0 Å². The zero-order valence-electron chi connectivity index (χ0n) is 9.15. The van der Waals surface area contributed by atoms with E-state index in [1.807, 2.05) is 0 Å². The zero-order chi connectivity index (χ0) is 9.45. The first kappa shape index (κ1) is 8.15. The normalized spacial score (nSPS) is 63.2. The van der Waals surface area contributed by atoms with Crippen LogP contribution in [0.4, 0.5) is 0 Å². The average molecular weight is 192 g/mol. The fourth-order valence-corrected chi connectivity index (χ4v) is 4.83. The van der Waals surface area contributed by atoms with Crippen LogP contribution in [0.15, 0.2) is 0 Å². The van der Waals surface area contributed by atoms with Crippen molar-refractivity contribution in [3.63, 3.8) is 0 Å². The zero-order valence-corrected chi connectivity index (χ0v) is 9.15. The highest BCUT2D eigenvalue weighted by Gasteiger charge is 2.65. The number of epoxide rings is 1. The molecule has 4 rings (SSSR count). The smallest absolute Gasteiger partial charge is 0.0844 e. The molecule has 7 atom stereocenters. The van der Waals surface area contributed by atoms with Gasteiger partial charge in [0.15, 0.2) is 0 Å². The fraction of sp³-hybridized carbons (Fsp3) is 1.00. The third-order valence-electron chi connectivity index (χ3n) is 5.68. The van der Waals surface area contributed by atoms with Crippen LogP contribution in [0.2, 0.25) is 0 Å². The van der Waals surface area contributed by atoms with Crippen LogP contribution in [0.5, 0.6) is 0 Å². The van der Waals surface area contributed by atoms with Crippen LogP contribution in [0.1, 0.15) is 33.1 Å². The lowest BCUT2D eigenvalue weighted by molar-refractivity contribution is -0.177. The molecule has 1 aliphatic heterocycles. The SMILES string of the molecule is CC(C)C1CC2C3CC4OC4CC3C12. The summed E-state index contributed by atoms with van der Waals surface area (Å²) in [6.07, 6.45) is 5.78. The third kappa shape index (κ3) is 0.816. The molecule has 0 aromatic heterocycles. The monoisotopic (exact) mass is 192 g/mol. The molecule has 0 bridgehead atoms. The Balaban J connectivity index is 1.52. The molecule has 0 radical (unpaired) electrons. The van der Waals surface area contributed by atoms with Gasteiger partial charge in [-0.05, 0) is 54.8 Å². The van der Waals surface area contributed by atoms with Crippen LogP contribution in [0.25, 0.3) is 0 Å². The summed E-state index contributed by atoms with van der Waals surface area (Å²) >= 11 is 0. The van der Waals surface area contributed by atoms with E-state index in [2.05, 4.69) is 13.8 Å². The summed E-state index contributed by atoms with van der Waals surface area (Å²) in [6, 6.07) is 0. The Morgan fingerprint density at radius 3 is 2.29 bits per heavy atom. The number of rotatable bonds is 1. The van der Waals surface area contributed by atoms with Gasteiger partial charge < -0.3 is 4.74 Å². The minimum absolute atomic E-state index is 0.700. The summed E-state index contributed by atoms with van der Waals surface area (Å²) in [4.78, 5) is 0. The van der Waals surface area contributed by atoms with Crippen molar-refractivity contribution in [2.75, 3.05) is 0 Å². The largest absolute Gasteiger partial charge is 0.370 e. The van der Waals surface area contributed by atoms with Crippen molar-refractivity contribution in [3.8, 4) is 0 Å². The van der Waals surface area contributed by atoms with E-state index in [9.17, 15) is 0 Å². The highest BCUT2D eigenvalue weighted by molar-refractivity contribution is 5.13. The Morgan fingerprint density at radius 1 is 0.929 bits per heavy atom. The second kappa shape index (κ2) is 2.37. The van der Waals surface area contributed by atoms with Crippen molar-refractivity contribution in [1.29, 1.82) is 0 Å². The van der Waals surface area contributed by atoms with Crippen molar-refractivity contribution >= 4 is 0 Å². The summed E-state index contributed by atoms with van der Waals surface area (Å²) in [5, 5.41) is 0. The minimum Gasteiger partial charge on any atom is -0.370 e. The molecule has 4 aliphatic rings. The molecule has 1 nitrogen and oxygen atoms in total. The van der Waals surface area contributed by atoms with Gasteiger partial charge in [0.2, 0.25) is 0 Å². The maximum atomic E-state index is 5.68. The van der Waals surface area contributed by atoms with E-state index in [-0.39, 0.29) is 0 Å². The Kier molecular flexibility index (Phi) is 1.38. The van der Waals surface area contributed by atoms with Gasteiger partial charge >= 0.3 is 0 Å². The summed E-state index contributed by atoms with van der Waals surface area (Å²) in [5.41, 5.74) is 0. The second-order valence-corrected chi connectivity index (χ2v) is 6.40. The van der Waals surface area contributed by atoms with Gasteiger partial charge in [0, 0.05) is 0 Å². The first-order valence-electron chi connectivity index (χ1n) is 6.41. The number of hydrogen-bond acceptors (Lipinski definition) is 1. The van der Waals surface area contributed by atoms with E-state index in [0.29, 0.717) is 12.2 Å². The Morgan fingerprint density at radius 2 is 1.57 bits per heavy atom. The van der Waals surface area contributed by atoms with Gasteiger partial charge in [0.05, 0.1) is 12.2 Å². The van der Waals surface area contributed by atoms with Crippen molar-refractivity contribution in [2.45, 2.75) is 45.3 Å². The molecule has 3 aliphatic carbocycles. The fourth-order valence-electron chi connectivity index (χ4n) is 4.83. The van der Waals surface area contributed by atoms with Gasteiger partial charge in [-0.2, -0.15) is 0 Å². The number of ether oxygens (including phenoxy) is 1. The van der Waals surface area contributed by atoms with Crippen molar-refractivity contribution in [1.82, 2.24) is 0 Å². The van der Waals surface area contributed by atoms with Crippen LogP contribution in [-0.2, 0) is 4.74 Å². The first-order chi connectivity index (χ1) is 6.75. The molecule has 7 unspecified atom stereocenters. The highest BCUT2D eigenvalue weighted by atomic mass is 16.6. The molecular weight excluding hydrogens is 172 g/mol. The average Bonchev–Trinajstić information content (AvgIpc) is 2.80. The van der Waals surface area contributed by atoms with E-state index < -0.39 is 0 Å². The highest BCUT2D eigenvalue weighted by Crippen LogP contribution is 2.69. The van der Waals surface area contributed by atoms with E-state index >= 15 is 0 Å². The van der Waals surface area contributed by atoms with Crippen LogP contribution < -0.4 is 0 Å². The van der Waals surface area contributed by atoms with Crippen molar-refractivity contribution in [2.24, 2.45) is 35.5 Å². The maximum absolute atomic E-state index is 5.68. The van der Waals surface area contributed by atoms with Gasteiger partial charge in [0.25, 0.3) is 0 Å². The molecule has 0 aromatic rings. The summed E-state index contributed by atoms with van der Waals surface area (Å²) < 4.78 is 5.68. The van der Waals surface area contributed by atoms with Gasteiger partial charge in [-0.15, -0.1) is 0 Å². The molecule has 0 N–H and O–H groups in total. The van der Waals surface area contributed by atoms with Crippen LogP contribution in [0, 0.1) is 35.5 Å². The molecular formula is C13H20O. The molecule has 0 aromatic carbocycles. The lowest BCUT2D eigenvalue weighted by Crippen LogP contribution is -2.61. The Labute approximate surface area is 86.2 Å². The molecule has 1 heterocycles. The quantitative estimate of drug-likeness (QED) is 0.582. The first-order valence-corrected chi connectivity index (χ1v) is 6.41. The van der Waals surface area contributed by atoms with E-state index in [4.69, 9.17) is 4.74 Å². The second-order valence-electron chi connectivity index (χ2n) is 6.40. The lowest BCUT2D eigenvalue weighted by atomic mass is 9.38. The molecule has 14 heavy (non-hydrogen) atoms. The lowest BCUT2D eigenvalue weighted by Gasteiger charge is -2.66. The van der Waals surface area contributed by atoms with Crippen LogP contribution >= 0.6 is 0 Å². The molecule has 0 spiro atoms. The molecule has 4 fully saturated rings. The topological polar surface area (TPSA) is 12.5 Å². The van der Waals surface area contributed by atoms with Gasteiger partial charge in [-0.1, -0.05) is 13.8 Å². The van der Waals surface area contributed by atoms with Gasteiger partial charge in [0.1, 0.15) is 0 Å². The standard InChI is InChI=1S/C13H20O/c1-6(2)7-3-9-8-4-11-12(14-11)5-10(8)13(7)9/h6-13H,3-5H2,1-2H3. The van der Waals surface area contributed by atoms with Gasteiger partial charge in [-0.25, -0.2) is 0 Å². The van der Waals surface area contributed by atoms with E-state index in [1.165, 1.54) is 12.8 Å². The Bertz CT molecular complexity index is 272. The molecule has 3 saturated carbocycles. The molecule has 0 amide bonds. The van der Waals surface area contributed by atoms with Crippen LogP contribution in [0.3, 0.4) is 0 Å². The van der Waals surface area contributed by atoms with Gasteiger partial charge in [-0.3, -0.25) is 0 Å². The predicted molar refractivity (Wildman–Crippen MR) is 54.8 cm³/mol.